The number of pyridine rings is 1. The smallest absolute Gasteiger partial charge is 0.191 e. The third-order valence-electron chi connectivity index (χ3n) is 2.46. The maximum absolute atomic E-state index is 4.30. The molecule has 0 aromatic carbocycles. The fourth-order valence-electron chi connectivity index (χ4n) is 1.54. The lowest BCUT2D eigenvalue weighted by Gasteiger charge is -2.10. The lowest BCUT2D eigenvalue weighted by atomic mass is 10.3. The highest BCUT2D eigenvalue weighted by Gasteiger charge is 2.01. The molecule has 2 rings (SSSR count). The summed E-state index contributed by atoms with van der Waals surface area (Å²) >= 11 is 1.69. The minimum absolute atomic E-state index is 0.650. The van der Waals surface area contributed by atoms with E-state index in [9.17, 15) is 0 Å². The normalized spacial score (nSPS) is 11.4. The predicted molar refractivity (Wildman–Crippen MR) is 78.1 cm³/mol. The third kappa shape index (κ3) is 4.33. The highest BCUT2D eigenvalue weighted by Crippen LogP contribution is 2.10. The van der Waals surface area contributed by atoms with Crippen molar-refractivity contribution in [2.24, 2.45) is 4.99 Å². The fourth-order valence-corrected chi connectivity index (χ4v) is 2.27. The van der Waals surface area contributed by atoms with Gasteiger partial charge < -0.3 is 10.6 Å². The van der Waals surface area contributed by atoms with Gasteiger partial charge in [-0.15, -0.1) is 11.3 Å². The molecule has 0 atom stereocenters. The van der Waals surface area contributed by atoms with Gasteiger partial charge in [-0.3, -0.25) is 9.98 Å². The average molecular weight is 275 g/mol. The van der Waals surface area contributed by atoms with E-state index in [0.29, 0.717) is 13.1 Å². The summed E-state index contributed by atoms with van der Waals surface area (Å²) in [5.41, 5.74) is 0.982. The minimum atomic E-state index is 0.650. The molecular weight excluding hydrogens is 258 g/mol. The zero-order valence-electron chi connectivity index (χ0n) is 11.1. The number of rotatable bonds is 4. The van der Waals surface area contributed by atoms with Crippen molar-refractivity contribution in [3.8, 4) is 0 Å². The van der Waals surface area contributed by atoms with Crippen molar-refractivity contribution in [2.75, 3.05) is 7.05 Å². The van der Waals surface area contributed by atoms with Crippen LogP contribution >= 0.6 is 11.3 Å². The highest BCUT2D eigenvalue weighted by molar-refractivity contribution is 7.11. The van der Waals surface area contributed by atoms with E-state index in [1.165, 1.54) is 4.88 Å². The molecule has 19 heavy (non-hydrogen) atoms. The van der Waals surface area contributed by atoms with Crippen molar-refractivity contribution in [3.63, 3.8) is 0 Å². The molecule has 0 spiro atoms. The fraction of sp³-hybridized carbons (Fsp3) is 0.308. The number of nitrogens with one attached hydrogen (secondary N) is 2. The van der Waals surface area contributed by atoms with E-state index < -0.39 is 0 Å². The van der Waals surface area contributed by atoms with Crippen LogP contribution in [0.2, 0.25) is 0 Å². The minimum Gasteiger partial charge on any atom is -0.351 e. The first-order valence-electron chi connectivity index (χ1n) is 6.03. The van der Waals surface area contributed by atoms with Crippen LogP contribution in [0, 0.1) is 6.92 Å². The number of hydrogen-bond acceptors (Lipinski definition) is 4. The summed E-state index contributed by atoms with van der Waals surface area (Å²) in [7, 11) is 1.75. The Kier molecular flexibility index (Phi) is 4.85. The lowest BCUT2D eigenvalue weighted by molar-refractivity contribution is 0.791. The summed E-state index contributed by atoms with van der Waals surface area (Å²) in [6.07, 6.45) is 3.66. The Morgan fingerprint density at radius 2 is 2.11 bits per heavy atom. The molecule has 0 aliphatic rings. The predicted octanol–water partition coefficient (Wildman–Crippen LogP) is 1.71. The van der Waals surface area contributed by atoms with Gasteiger partial charge in [0.05, 0.1) is 18.8 Å². The number of aromatic nitrogens is 2. The zero-order chi connectivity index (χ0) is 13.5. The van der Waals surface area contributed by atoms with Gasteiger partial charge in [-0.05, 0) is 19.1 Å². The van der Waals surface area contributed by atoms with Crippen LogP contribution in [0.1, 0.15) is 15.6 Å². The van der Waals surface area contributed by atoms with Crippen LogP contribution in [0.5, 0.6) is 0 Å². The quantitative estimate of drug-likeness (QED) is 0.659. The number of aryl methyl sites for hydroxylation is 1. The molecule has 0 fully saturated rings. The van der Waals surface area contributed by atoms with E-state index in [1.807, 2.05) is 24.4 Å². The van der Waals surface area contributed by atoms with Gasteiger partial charge in [0.15, 0.2) is 5.96 Å². The Balaban J connectivity index is 1.81. The van der Waals surface area contributed by atoms with Crippen LogP contribution < -0.4 is 10.6 Å². The molecule has 0 amide bonds. The molecule has 0 unspecified atom stereocenters. The molecule has 6 heteroatoms. The number of nitrogens with zero attached hydrogens (tertiary/aromatic N) is 3. The second-order valence-electron chi connectivity index (χ2n) is 3.97. The maximum atomic E-state index is 4.30. The van der Waals surface area contributed by atoms with Crippen molar-refractivity contribution in [3.05, 3.63) is 46.2 Å². The SMILES string of the molecule is CN=C(NCc1ccccn1)NCc1ncc(C)s1. The molecule has 2 aromatic rings. The molecule has 0 aliphatic carbocycles. The summed E-state index contributed by atoms with van der Waals surface area (Å²) in [6.45, 7) is 3.38. The second kappa shape index (κ2) is 6.84. The Hall–Kier alpha value is -1.95. The molecule has 0 bridgehead atoms. The van der Waals surface area contributed by atoms with Crippen LogP contribution in [-0.2, 0) is 13.1 Å². The molecule has 2 aromatic heterocycles. The Morgan fingerprint density at radius 3 is 2.74 bits per heavy atom. The van der Waals surface area contributed by atoms with Crippen LogP contribution in [-0.4, -0.2) is 23.0 Å². The van der Waals surface area contributed by atoms with E-state index >= 15 is 0 Å². The highest BCUT2D eigenvalue weighted by atomic mass is 32.1. The number of guanidine groups is 1. The molecule has 0 aliphatic heterocycles. The monoisotopic (exact) mass is 275 g/mol. The lowest BCUT2D eigenvalue weighted by Crippen LogP contribution is -2.36. The van der Waals surface area contributed by atoms with Crippen molar-refractivity contribution in [1.29, 1.82) is 0 Å². The average Bonchev–Trinajstić information content (AvgIpc) is 2.86. The summed E-state index contributed by atoms with van der Waals surface area (Å²) in [5, 5.41) is 7.50. The molecule has 0 radical (unpaired) electrons. The van der Waals surface area contributed by atoms with E-state index in [2.05, 4.69) is 32.5 Å². The van der Waals surface area contributed by atoms with Gasteiger partial charge in [0, 0.05) is 24.3 Å². The van der Waals surface area contributed by atoms with Gasteiger partial charge in [0.25, 0.3) is 0 Å². The second-order valence-corrected chi connectivity index (χ2v) is 5.28. The summed E-state index contributed by atoms with van der Waals surface area (Å²) < 4.78 is 0. The largest absolute Gasteiger partial charge is 0.351 e. The van der Waals surface area contributed by atoms with Crippen molar-refractivity contribution in [2.45, 2.75) is 20.0 Å². The molecule has 5 nitrogen and oxygen atoms in total. The van der Waals surface area contributed by atoms with E-state index in [4.69, 9.17) is 0 Å². The first kappa shape index (κ1) is 13.5. The third-order valence-corrected chi connectivity index (χ3v) is 3.38. The van der Waals surface area contributed by atoms with E-state index in [0.717, 1.165) is 16.7 Å². The van der Waals surface area contributed by atoms with Gasteiger partial charge in [-0.2, -0.15) is 0 Å². The number of hydrogen-bond donors (Lipinski definition) is 2. The Morgan fingerprint density at radius 1 is 1.26 bits per heavy atom. The molecule has 2 heterocycles. The van der Waals surface area contributed by atoms with Gasteiger partial charge in [0.1, 0.15) is 5.01 Å². The maximum Gasteiger partial charge on any atom is 0.191 e. The van der Waals surface area contributed by atoms with Crippen LogP contribution in [0.15, 0.2) is 35.6 Å². The van der Waals surface area contributed by atoms with Gasteiger partial charge >= 0.3 is 0 Å². The van der Waals surface area contributed by atoms with E-state index in [1.54, 1.807) is 24.6 Å². The summed E-state index contributed by atoms with van der Waals surface area (Å²) in [4.78, 5) is 13.9. The summed E-state index contributed by atoms with van der Waals surface area (Å²) in [5.74, 6) is 0.749. The molecule has 100 valence electrons. The van der Waals surface area contributed by atoms with Crippen LogP contribution in [0.4, 0.5) is 0 Å². The molecule has 0 saturated heterocycles. The molecule has 2 N–H and O–H groups in total. The van der Waals surface area contributed by atoms with Crippen molar-refractivity contribution >= 4 is 17.3 Å². The van der Waals surface area contributed by atoms with Crippen LogP contribution in [0.3, 0.4) is 0 Å². The van der Waals surface area contributed by atoms with Gasteiger partial charge in [0.2, 0.25) is 0 Å². The first-order valence-corrected chi connectivity index (χ1v) is 6.85. The van der Waals surface area contributed by atoms with Gasteiger partial charge in [-0.1, -0.05) is 6.07 Å². The first-order chi connectivity index (χ1) is 9.28. The summed E-state index contributed by atoms with van der Waals surface area (Å²) in [6, 6.07) is 5.85. The Bertz CT molecular complexity index is 535. The molecule has 0 saturated carbocycles. The topological polar surface area (TPSA) is 62.2 Å². The molecular formula is C13H17N5S. The van der Waals surface area contributed by atoms with Crippen LogP contribution in [0.25, 0.3) is 0 Å². The number of thiazole rings is 1. The van der Waals surface area contributed by atoms with Crippen molar-refractivity contribution in [1.82, 2.24) is 20.6 Å². The van der Waals surface area contributed by atoms with E-state index in [-0.39, 0.29) is 0 Å². The Labute approximate surface area is 116 Å². The van der Waals surface area contributed by atoms with Gasteiger partial charge in [-0.25, -0.2) is 4.98 Å². The number of aliphatic imine (C=N–C) groups is 1. The standard InChI is InChI=1S/C13H17N5S/c1-10-7-16-12(19-10)9-18-13(14-2)17-8-11-5-3-4-6-15-11/h3-7H,8-9H2,1-2H3,(H2,14,17,18). The van der Waals surface area contributed by atoms with Crippen molar-refractivity contribution < 1.29 is 0 Å². The zero-order valence-corrected chi connectivity index (χ0v) is 11.9.